The summed E-state index contributed by atoms with van der Waals surface area (Å²) in [5, 5.41) is 3.55. The fourth-order valence-corrected chi connectivity index (χ4v) is 4.82. The number of carbonyl (C=O) groups excluding carboxylic acids is 1. The fourth-order valence-electron chi connectivity index (χ4n) is 4.82. The molecule has 120 valence electrons. The largest absolute Gasteiger partial charge is 0.334 e. The van der Waals surface area contributed by atoms with Crippen LogP contribution in [0.2, 0.25) is 0 Å². The molecule has 0 aromatic carbocycles. The SMILES string of the molecule is O=C(CC1CCCCCC1)N1CCNCC12CCCCC2. The summed E-state index contributed by atoms with van der Waals surface area (Å²) in [5.74, 6) is 1.13. The Balaban J connectivity index is 1.63. The van der Waals surface area contributed by atoms with Gasteiger partial charge in [0.25, 0.3) is 0 Å². The average Bonchev–Trinajstić information content (AvgIpc) is 2.77. The predicted molar refractivity (Wildman–Crippen MR) is 86.2 cm³/mol. The van der Waals surface area contributed by atoms with E-state index in [1.54, 1.807) is 0 Å². The van der Waals surface area contributed by atoms with Crippen LogP contribution in [0.25, 0.3) is 0 Å². The first-order chi connectivity index (χ1) is 10.3. The highest BCUT2D eigenvalue weighted by Gasteiger charge is 2.42. The summed E-state index contributed by atoms with van der Waals surface area (Å²) in [6.07, 6.45) is 15.2. The van der Waals surface area contributed by atoms with E-state index in [4.69, 9.17) is 0 Å². The van der Waals surface area contributed by atoms with Crippen LogP contribution in [-0.2, 0) is 4.79 Å². The second-order valence-electron chi connectivity index (χ2n) is 7.57. The minimum absolute atomic E-state index is 0.165. The molecule has 0 radical (unpaired) electrons. The highest BCUT2D eigenvalue weighted by atomic mass is 16.2. The zero-order chi connectivity index (χ0) is 14.5. The van der Waals surface area contributed by atoms with Gasteiger partial charge in [-0.15, -0.1) is 0 Å². The normalized spacial score (nSPS) is 27.5. The molecule has 0 aromatic rings. The minimum Gasteiger partial charge on any atom is -0.334 e. The van der Waals surface area contributed by atoms with Gasteiger partial charge in [0.05, 0.1) is 5.54 Å². The molecule has 1 saturated heterocycles. The van der Waals surface area contributed by atoms with Gasteiger partial charge in [-0.1, -0.05) is 44.9 Å². The lowest BCUT2D eigenvalue weighted by molar-refractivity contribution is -0.142. The summed E-state index contributed by atoms with van der Waals surface area (Å²) in [5.41, 5.74) is 0.165. The molecule has 0 unspecified atom stereocenters. The van der Waals surface area contributed by atoms with Crippen LogP contribution in [-0.4, -0.2) is 36.0 Å². The molecule has 2 saturated carbocycles. The Kier molecular flexibility index (Phi) is 5.20. The van der Waals surface area contributed by atoms with Crippen molar-refractivity contribution in [1.29, 1.82) is 0 Å². The van der Waals surface area contributed by atoms with Crippen molar-refractivity contribution < 1.29 is 4.79 Å². The van der Waals surface area contributed by atoms with Crippen molar-refractivity contribution in [2.45, 2.75) is 82.6 Å². The number of hydrogen-bond acceptors (Lipinski definition) is 2. The van der Waals surface area contributed by atoms with E-state index in [2.05, 4.69) is 10.2 Å². The molecular weight excluding hydrogens is 260 g/mol. The van der Waals surface area contributed by atoms with Gasteiger partial charge in [0.1, 0.15) is 0 Å². The topological polar surface area (TPSA) is 32.3 Å². The van der Waals surface area contributed by atoms with Gasteiger partial charge in [0.15, 0.2) is 0 Å². The first kappa shape index (κ1) is 15.3. The van der Waals surface area contributed by atoms with Crippen LogP contribution >= 0.6 is 0 Å². The summed E-state index contributed by atoms with van der Waals surface area (Å²) in [4.78, 5) is 15.2. The summed E-state index contributed by atoms with van der Waals surface area (Å²) in [6, 6.07) is 0. The van der Waals surface area contributed by atoms with Crippen LogP contribution in [0.4, 0.5) is 0 Å². The third kappa shape index (κ3) is 3.61. The number of nitrogens with one attached hydrogen (secondary N) is 1. The van der Waals surface area contributed by atoms with Crippen LogP contribution in [0.1, 0.15) is 77.0 Å². The standard InChI is InChI=1S/C18H32N2O/c21-17(14-16-8-4-1-2-5-9-16)20-13-12-19-15-18(20)10-6-3-7-11-18/h16,19H,1-15H2. The van der Waals surface area contributed by atoms with E-state index in [1.165, 1.54) is 70.6 Å². The van der Waals surface area contributed by atoms with Crippen molar-refractivity contribution in [1.82, 2.24) is 10.2 Å². The van der Waals surface area contributed by atoms with Gasteiger partial charge in [0, 0.05) is 26.1 Å². The second kappa shape index (κ2) is 7.13. The van der Waals surface area contributed by atoms with Gasteiger partial charge < -0.3 is 10.2 Å². The summed E-state index contributed by atoms with van der Waals surface area (Å²) in [6.45, 7) is 2.95. The summed E-state index contributed by atoms with van der Waals surface area (Å²) < 4.78 is 0. The smallest absolute Gasteiger partial charge is 0.223 e. The van der Waals surface area contributed by atoms with Gasteiger partial charge in [-0.3, -0.25) is 4.79 Å². The summed E-state index contributed by atoms with van der Waals surface area (Å²) >= 11 is 0. The van der Waals surface area contributed by atoms with Crippen molar-refractivity contribution in [3.63, 3.8) is 0 Å². The maximum Gasteiger partial charge on any atom is 0.223 e. The Morgan fingerprint density at radius 3 is 2.38 bits per heavy atom. The molecule has 3 heteroatoms. The molecule has 3 fully saturated rings. The molecule has 3 rings (SSSR count). The van der Waals surface area contributed by atoms with E-state index in [9.17, 15) is 4.79 Å². The van der Waals surface area contributed by atoms with E-state index >= 15 is 0 Å². The van der Waals surface area contributed by atoms with Crippen LogP contribution < -0.4 is 5.32 Å². The molecule has 1 spiro atoms. The number of piperazine rings is 1. The maximum atomic E-state index is 13.0. The Labute approximate surface area is 129 Å². The third-order valence-corrected chi connectivity index (χ3v) is 6.06. The van der Waals surface area contributed by atoms with Gasteiger partial charge in [-0.25, -0.2) is 0 Å². The lowest BCUT2D eigenvalue weighted by Gasteiger charge is -2.50. The van der Waals surface area contributed by atoms with E-state index in [0.717, 1.165) is 26.1 Å². The molecule has 1 aliphatic heterocycles. The monoisotopic (exact) mass is 292 g/mol. The quantitative estimate of drug-likeness (QED) is 0.790. The number of rotatable bonds is 2. The molecule has 1 amide bonds. The molecule has 3 aliphatic rings. The van der Waals surface area contributed by atoms with Gasteiger partial charge in [-0.05, 0) is 31.6 Å². The zero-order valence-electron chi connectivity index (χ0n) is 13.5. The van der Waals surface area contributed by atoms with E-state index in [-0.39, 0.29) is 5.54 Å². The number of amides is 1. The molecule has 2 aliphatic carbocycles. The third-order valence-electron chi connectivity index (χ3n) is 6.06. The summed E-state index contributed by atoms with van der Waals surface area (Å²) in [7, 11) is 0. The fraction of sp³-hybridized carbons (Fsp3) is 0.944. The Morgan fingerprint density at radius 2 is 1.67 bits per heavy atom. The molecular formula is C18H32N2O. The van der Waals surface area contributed by atoms with E-state index in [1.807, 2.05) is 0 Å². The van der Waals surface area contributed by atoms with Crippen LogP contribution in [0.3, 0.4) is 0 Å². The lowest BCUT2D eigenvalue weighted by atomic mass is 9.78. The molecule has 1 N–H and O–H groups in total. The van der Waals surface area contributed by atoms with Crippen molar-refractivity contribution in [3.8, 4) is 0 Å². The molecule has 0 atom stereocenters. The maximum absolute atomic E-state index is 13.0. The predicted octanol–water partition coefficient (Wildman–Crippen LogP) is 3.48. The van der Waals surface area contributed by atoms with Crippen LogP contribution in [0.15, 0.2) is 0 Å². The van der Waals surface area contributed by atoms with Crippen molar-refractivity contribution in [2.24, 2.45) is 5.92 Å². The Morgan fingerprint density at radius 1 is 1.00 bits per heavy atom. The number of hydrogen-bond donors (Lipinski definition) is 1. The number of nitrogens with zero attached hydrogens (tertiary/aromatic N) is 1. The molecule has 0 aromatic heterocycles. The van der Waals surface area contributed by atoms with Gasteiger partial charge in [-0.2, -0.15) is 0 Å². The Hall–Kier alpha value is -0.570. The highest BCUT2D eigenvalue weighted by Crippen LogP contribution is 2.36. The van der Waals surface area contributed by atoms with Crippen molar-refractivity contribution >= 4 is 5.91 Å². The first-order valence-corrected chi connectivity index (χ1v) is 9.31. The van der Waals surface area contributed by atoms with Crippen LogP contribution in [0.5, 0.6) is 0 Å². The van der Waals surface area contributed by atoms with Crippen molar-refractivity contribution in [2.75, 3.05) is 19.6 Å². The highest BCUT2D eigenvalue weighted by molar-refractivity contribution is 5.77. The zero-order valence-corrected chi connectivity index (χ0v) is 13.5. The van der Waals surface area contributed by atoms with E-state index < -0.39 is 0 Å². The second-order valence-corrected chi connectivity index (χ2v) is 7.57. The first-order valence-electron chi connectivity index (χ1n) is 9.31. The Bertz CT molecular complexity index is 333. The minimum atomic E-state index is 0.165. The van der Waals surface area contributed by atoms with Crippen molar-refractivity contribution in [3.05, 3.63) is 0 Å². The van der Waals surface area contributed by atoms with Gasteiger partial charge >= 0.3 is 0 Å². The lowest BCUT2D eigenvalue weighted by Crippen LogP contribution is -2.63. The molecule has 1 heterocycles. The molecule has 0 bridgehead atoms. The average molecular weight is 292 g/mol. The van der Waals surface area contributed by atoms with Crippen LogP contribution in [0, 0.1) is 5.92 Å². The molecule has 21 heavy (non-hydrogen) atoms. The number of carbonyl (C=O) groups is 1. The molecule has 3 nitrogen and oxygen atoms in total. The van der Waals surface area contributed by atoms with E-state index in [0.29, 0.717) is 11.8 Å². The van der Waals surface area contributed by atoms with Gasteiger partial charge in [0.2, 0.25) is 5.91 Å².